The minimum absolute atomic E-state index is 0.0317. The zero-order valence-corrected chi connectivity index (χ0v) is 40.2. The van der Waals surface area contributed by atoms with Gasteiger partial charge in [-0.15, -0.1) is 0 Å². The van der Waals surface area contributed by atoms with E-state index in [2.05, 4.69) is 46.9 Å². The number of carboxylic acids is 2. The molecule has 15 atom stereocenters. The topological polar surface area (TPSA) is 330 Å². The van der Waals surface area contributed by atoms with Crippen molar-refractivity contribution >= 4 is 31.8 Å². The molecule has 2 aliphatic rings. The van der Waals surface area contributed by atoms with Gasteiger partial charge in [-0.05, 0) is 48.3 Å². The lowest BCUT2D eigenvalue weighted by atomic mass is 9.79. The first kappa shape index (κ1) is 58.6. The summed E-state index contributed by atoms with van der Waals surface area (Å²) in [6, 6.07) is -1.66. The number of amides is 2. The number of aliphatic hydroxyl groups is 4. The monoisotopic (exact) mass is 959 g/mol. The number of carboxylic acid groups (broad SMARTS) is 2. The molecule has 21 nitrogen and oxygen atoms in total. The van der Waals surface area contributed by atoms with Gasteiger partial charge in [0.2, 0.25) is 5.91 Å². The average Bonchev–Trinajstić information content (AvgIpc) is 3.20. The predicted molar refractivity (Wildman–Crippen MR) is 233 cm³/mol. The van der Waals surface area contributed by atoms with Crippen LogP contribution in [0.3, 0.4) is 0 Å². The molecular weight excluding hydrogens is 879 g/mol. The molecule has 2 fully saturated rings. The Kier molecular flexibility index (Phi) is 25.3. The summed E-state index contributed by atoms with van der Waals surface area (Å²) in [5.74, 6) is -1.80. The number of rotatable bonds is 31. The Morgan fingerprint density at radius 1 is 0.785 bits per heavy atom. The van der Waals surface area contributed by atoms with E-state index in [0.717, 1.165) is 44.4 Å². The van der Waals surface area contributed by atoms with Crippen molar-refractivity contribution in [3.05, 3.63) is 0 Å². The Labute approximate surface area is 382 Å². The van der Waals surface area contributed by atoms with Gasteiger partial charge >= 0.3 is 25.9 Å². The Bertz CT molecular complexity index is 1510. The van der Waals surface area contributed by atoms with Crippen LogP contribution in [-0.2, 0) is 51.7 Å². The second-order valence-electron chi connectivity index (χ2n) is 19.2. The van der Waals surface area contributed by atoms with Crippen molar-refractivity contribution in [2.24, 2.45) is 34.8 Å². The number of nitrogens with one attached hydrogen (secondary N) is 1. The van der Waals surface area contributed by atoms with E-state index in [-0.39, 0.29) is 17.9 Å². The number of hydrogen-bond acceptors (Lipinski definition) is 16. The van der Waals surface area contributed by atoms with Crippen LogP contribution in [0.25, 0.3) is 0 Å². The van der Waals surface area contributed by atoms with Crippen LogP contribution in [0.4, 0.5) is 4.79 Å². The molecule has 0 radical (unpaired) electrons. The maximum absolute atomic E-state index is 13.3. The molecule has 0 aromatic rings. The number of carbonyl (C=O) groups is 4. The summed E-state index contributed by atoms with van der Waals surface area (Å²) in [5, 5.41) is 63.5. The molecule has 2 rings (SSSR count). The van der Waals surface area contributed by atoms with Crippen LogP contribution >= 0.6 is 7.82 Å². The number of ether oxygens (including phenoxy) is 5. The Morgan fingerprint density at radius 3 is 1.97 bits per heavy atom. The highest BCUT2D eigenvalue weighted by Gasteiger charge is 2.56. The van der Waals surface area contributed by atoms with Crippen LogP contribution in [0.1, 0.15) is 132 Å². The summed E-state index contributed by atoms with van der Waals surface area (Å²) >= 11 is 0. The van der Waals surface area contributed by atoms with Crippen LogP contribution in [0, 0.1) is 29.1 Å². The quantitative estimate of drug-likeness (QED) is 0.0352. The third kappa shape index (κ3) is 21.1. The highest BCUT2D eigenvalue weighted by atomic mass is 31.2. The molecule has 2 aliphatic heterocycles. The Morgan fingerprint density at radius 2 is 1.40 bits per heavy atom. The predicted octanol–water partition coefficient (Wildman–Crippen LogP) is 3.82. The molecule has 0 aliphatic carbocycles. The molecule has 22 heteroatoms. The largest absolute Gasteiger partial charge is 0.479 e. The van der Waals surface area contributed by atoms with Crippen LogP contribution in [0.5, 0.6) is 0 Å². The molecule has 2 heterocycles. The number of aliphatic carboxylic acids is 2. The number of carbonyl (C=O) groups excluding carboxylic acids is 2. The fourth-order valence-corrected chi connectivity index (χ4v) is 8.74. The van der Waals surface area contributed by atoms with E-state index in [9.17, 15) is 59.3 Å². The molecule has 65 heavy (non-hydrogen) atoms. The molecule has 380 valence electrons. The molecule has 10 N–H and O–H groups in total. The molecular formula is C43H79N2O19P. The molecule has 0 aromatic carbocycles. The summed E-state index contributed by atoms with van der Waals surface area (Å²) in [7, 11) is -5.50. The second kappa shape index (κ2) is 28.1. The van der Waals surface area contributed by atoms with Gasteiger partial charge in [0.1, 0.15) is 30.5 Å². The first-order valence-corrected chi connectivity index (χ1v) is 24.3. The second-order valence-corrected chi connectivity index (χ2v) is 20.6. The Hall–Kier alpha value is -2.53. The minimum Gasteiger partial charge on any atom is -0.479 e. The van der Waals surface area contributed by atoms with E-state index in [1.807, 2.05) is 6.92 Å². The van der Waals surface area contributed by atoms with Gasteiger partial charge in [0.05, 0.1) is 13.2 Å². The van der Waals surface area contributed by atoms with Crippen molar-refractivity contribution in [2.45, 2.75) is 200 Å². The van der Waals surface area contributed by atoms with E-state index in [4.69, 9.17) is 38.5 Å². The molecule has 0 spiro atoms. The van der Waals surface area contributed by atoms with Crippen molar-refractivity contribution in [1.82, 2.24) is 5.32 Å². The van der Waals surface area contributed by atoms with Gasteiger partial charge in [0.15, 0.2) is 37.0 Å². The SMILES string of the molecule is CC(=O)N[C@H]1[C@H](O[C@H]2[C@@H](OP(=O)(O)OC[C@@H](OCCC(C)CCCCC(C)(C)CCC(C)CCC(C)CCCC(C)C)C(=O)O)O[C@H](C(=O)O)[C@@H](O)[C@@H]2OC(N)=O)O[C@H](CO)[C@@H](O)[C@@H]1O. The zero-order valence-electron chi connectivity index (χ0n) is 39.3. The van der Waals surface area contributed by atoms with Crippen molar-refractivity contribution in [2.75, 3.05) is 19.8 Å². The molecule has 4 unspecified atom stereocenters. The minimum atomic E-state index is -5.50. The number of hydrogen-bond donors (Lipinski definition) is 9. The third-order valence-corrected chi connectivity index (χ3v) is 13.1. The number of unbranched alkanes of at least 4 members (excludes halogenated alkanes) is 1. The third-order valence-electron chi connectivity index (χ3n) is 12.1. The molecule has 0 bridgehead atoms. The average molecular weight is 959 g/mol. The first-order chi connectivity index (χ1) is 30.3. The van der Waals surface area contributed by atoms with Gasteiger partial charge in [0, 0.05) is 13.5 Å². The highest BCUT2D eigenvalue weighted by Crippen LogP contribution is 2.48. The normalized spacial score (nSPS) is 29.0. The van der Waals surface area contributed by atoms with E-state index in [1.165, 1.54) is 44.9 Å². The first-order valence-electron chi connectivity index (χ1n) is 22.8. The lowest BCUT2D eigenvalue weighted by Crippen LogP contribution is -2.68. The van der Waals surface area contributed by atoms with E-state index >= 15 is 0 Å². The Balaban J connectivity index is 1.99. The van der Waals surface area contributed by atoms with E-state index in [1.54, 1.807) is 0 Å². The summed E-state index contributed by atoms with van der Waals surface area (Å²) in [6.45, 7) is 15.0. The van der Waals surface area contributed by atoms with Crippen molar-refractivity contribution in [3.8, 4) is 0 Å². The maximum Gasteiger partial charge on any atom is 0.474 e. The fourth-order valence-electron chi connectivity index (χ4n) is 7.93. The summed E-state index contributed by atoms with van der Waals surface area (Å²) in [4.78, 5) is 58.7. The van der Waals surface area contributed by atoms with Gasteiger partial charge in [-0.3, -0.25) is 13.8 Å². The van der Waals surface area contributed by atoms with Crippen LogP contribution < -0.4 is 11.1 Å². The number of phosphoric acid groups is 1. The number of primary amides is 1. The van der Waals surface area contributed by atoms with Crippen molar-refractivity contribution in [3.63, 3.8) is 0 Å². The van der Waals surface area contributed by atoms with Crippen molar-refractivity contribution in [1.29, 1.82) is 0 Å². The van der Waals surface area contributed by atoms with Gasteiger partial charge in [0.25, 0.3) is 0 Å². The van der Waals surface area contributed by atoms with Gasteiger partial charge in [-0.2, -0.15) is 0 Å². The lowest BCUT2D eigenvalue weighted by Gasteiger charge is -2.47. The summed E-state index contributed by atoms with van der Waals surface area (Å²) < 4.78 is 50.2. The maximum atomic E-state index is 13.3. The number of aliphatic hydroxyl groups excluding tert-OH is 4. The van der Waals surface area contributed by atoms with E-state index in [0.29, 0.717) is 12.3 Å². The standard InChI is InChI=1S/C43H79N2O19P/c1-24(2)12-11-14-25(3)15-16-27(5)17-20-43(7,8)19-10-9-13-26(4)18-21-58-30(38(51)52)23-59-65(56,57)64-41-37(35(63-42(44)55)34(50)36(61-41)39(53)54)62-40-31(45-28(6)47)33(49)32(48)29(22-46)60-40/h24-27,29-37,40-41,46,48-50H,9-23H2,1-8H3,(H2,44,55)(H,45,47)(H,51,52)(H,53,54)(H,56,57)/t25?,26?,27?,29-,30-,31-,32-,33-,34+,35+,36+,37-,40+,41-/m1/s1. The summed E-state index contributed by atoms with van der Waals surface area (Å²) in [6.07, 6.45) is -8.66. The fraction of sp³-hybridized carbons (Fsp3) is 0.907. The molecule has 0 saturated carbocycles. The lowest BCUT2D eigenvalue weighted by molar-refractivity contribution is -0.340. The number of phosphoric ester groups is 1. The molecule has 2 amide bonds. The molecule has 0 aromatic heterocycles. The number of nitrogens with two attached hydrogens (primary N) is 1. The zero-order chi connectivity index (χ0) is 49.2. The van der Waals surface area contributed by atoms with Crippen molar-refractivity contribution < 1.29 is 92.0 Å². The summed E-state index contributed by atoms with van der Waals surface area (Å²) in [5.41, 5.74) is 5.39. The van der Waals surface area contributed by atoms with Crippen LogP contribution in [0.2, 0.25) is 0 Å². The highest BCUT2D eigenvalue weighted by molar-refractivity contribution is 7.47. The molecule has 2 saturated heterocycles. The smallest absolute Gasteiger partial charge is 0.474 e. The van der Waals surface area contributed by atoms with Gasteiger partial charge < -0.3 is 70.3 Å². The van der Waals surface area contributed by atoms with E-state index < -0.39 is 112 Å². The van der Waals surface area contributed by atoms with Crippen LogP contribution in [0.15, 0.2) is 0 Å². The van der Waals surface area contributed by atoms with Crippen LogP contribution in [-0.4, -0.2) is 147 Å². The van der Waals surface area contributed by atoms with Gasteiger partial charge in [-0.25, -0.2) is 18.9 Å². The van der Waals surface area contributed by atoms with Gasteiger partial charge in [-0.1, -0.05) is 106 Å².